The third-order valence-electron chi connectivity index (χ3n) is 0.860. The van der Waals surface area contributed by atoms with Crippen molar-refractivity contribution in [1.82, 2.24) is 0 Å². The van der Waals surface area contributed by atoms with Crippen molar-refractivity contribution in [3.05, 3.63) is 29.7 Å². The molecule has 1 rings (SSSR count). The van der Waals surface area contributed by atoms with Crippen LogP contribution < -0.4 is 0 Å². The van der Waals surface area contributed by atoms with Gasteiger partial charge >= 0.3 is 0 Å². The molecule has 11 heavy (non-hydrogen) atoms. The zero-order valence-electron chi connectivity index (χ0n) is 12.2. The van der Waals surface area contributed by atoms with Crippen LogP contribution in [-0.4, -0.2) is 13.0 Å². The van der Waals surface area contributed by atoms with Crippen LogP contribution in [0, 0.1) is 6.85 Å². The molecule has 0 saturated carbocycles. The Kier molecular flexibility index (Phi) is 0.690. The van der Waals surface area contributed by atoms with E-state index in [9.17, 15) is 8.42 Å². The Bertz CT molecular complexity index is 575. The van der Waals surface area contributed by atoms with Gasteiger partial charge in [0.1, 0.15) is 0 Å². The Hall–Kier alpha value is -0.870. The van der Waals surface area contributed by atoms with E-state index in [2.05, 4.69) is 0 Å². The molecule has 0 amide bonds. The second-order valence-electron chi connectivity index (χ2n) is 1.68. The van der Waals surface area contributed by atoms with Gasteiger partial charge in [-0.25, -0.2) is 0 Å². The molecule has 0 aliphatic rings. The number of hydrogen-bond acceptors (Lipinski definition) is 2. The molecule has 0 unspecified atom stereocenters. The lowest BCUT2D eigenvalue weighted by atomic mass is 10.2. The maximum atomic E-state index is 10.9. The zero-order chi connectivity index (χ0) is 14.5. The van der Waals surface area contributed by atoms with Crippen molar-refractivity contribution in [3.63, 3.8) is 0 Å². The fourth-order valence-corrected chi connectivity index (χ4v) is 0.790. The summed E-state index contributed by atoms with van der Waals surface area (Å²) in [4.78, 5) is -1.23. The number of rotatable bonds is 1. The SMILES string of the molecule is [2H]c1c([2H])c(S(=O)(=O)O)c([2H])c([2H])c1C([2H])([2H])[2H]. The summed E-state index contributed by atoms with van der Waals surface area (Å²) in [7, 11) is -4.97. The molecular weight excluding hydrogens is 164 g/mol. The van der Waals surface area contributed by atoms with Crippen molar-refractivity contribution in [1.29, 1.82) is 0 Å². The molecule has 1 aromatic carbocycles. The van der Waals surface area contributed by atoms with Crippen LogP contribution in [0.5, 0.6) is 0 Å². The van der Waals surface area contributed by atoms with Gasteiger partial charge in [0.15, 0.2) is 0 Å². The lowest BCUT2D eigenvalue weighted by Crippen LogP contribution is -1.96. The molecule has 0 bridgehead atoms. The molecular formula is C7H8O3S. The van der Waals surface area contributed by atoms with Gasteiger partial charge in [0, 0.05) is 4.11 Å². The normalized spacial score (nSPS) is 21.7. The topological polar surface area (TPSA) is 54.4 Å². The van der Waals surface area contributed by atoms with Gasteiger partial charge in [-0.2, -0.15) is 8.42 Å². The highest BCUT2D eigenvalue weighted by Gasteiger charge is 2.06. The highest BCUT2D eigenvalue weighted by Crippen LogP contribution is 2.08. The molecule has 1 aromatic rings. The van der Waals surface area contributed by atoms with Crippen LogP contribution >= 0.6 is 0 Å². The molecule has 0 aliphatic carbocycles. The van der Waals surface area contributed by atoms with E-state index in [1.165, 1.54) is 0 Å². The van der Waals surface area contributed by atoms with E-state index in [1.54, 1.807) is 0 Å². The van der Waals surface area contributed by atoms with Crippen LogP contribution in [0.25, 0.3) is 0 Å². The average Bonchev–Trinajstić information content (AvgIpc) is 2.10. The van der Waals surface area contributed by atoms with Crippen LogP contribution in [0.1, 0.15) is 15.2 Å². The van der Waals surface area contributed by atoms with Gasteiger partial charge in [0.05, 0.1) is 10.4 Å². The van der Waals surface area contributed by atoms with E-state index >= 15 is 0 Å². The Balaban J connectivity index is 3.90. The first kappa shape index (κ1) is 2.88. The van der Waals surface area contributed by atoms with Crippen molar-refractivity contribution in [3.8, 4) is 0 Å². The molecule has 0 saturated heterocycles. The highest BCUT2D eigenvalue weighted by atomic mass is 32.2. The predicted molar refractivity (Wildman–Crippen MR) is 41.0 cm³/mol. The molecule has 0 heterocycles. The fourth-order valence-electron chi connectivity index (χ4n) is 0.430. The van der Waals surface area contributed by atoms with E-state index in [0.717, 1.165) is 0 Å². The van der Waals surface area contributed by atoms with Crippen LogP contribution in [0.2, 0.25) is 0 Å². The summed E-state index contributed by atoms with van der Waals surface area (Å²) in [5, 5.41) is 0. The molecule has 1 N–H and O–H groups in total. The molecule has 0 spiro atoms. The van der Waals surface area contributed by atoms with Gasteiger partial charge in [-0.3, -0.25) is 4.55 Å². The maximum Gasteiger partial charge on any atom is 0.294 e. The molecule has 0 aromatic heterocycles. The first-order chi connectivity index (χ1) is 7.89. The minimum Gasteiger partial charge on any atom is -0.282 e. The summed E-state index contributed by atoms with van der Waals surface area (Å²) in [5.41, 5.74) is -0.884. The van der Waals surface area contributed by atoms with Gasteiger partial charge in [0.25, 0.3) is 10.1 Å². The Morgan fingerprint density at radius 2 is 2.00 bits per heavy atom. The molecule has 4 heteroatoms. The number of hydrogen-bond donors (Lipinski definition) is 1. The standard InChI is InChI=1S/C7H8O3S/c1-6-2-4-7(5-3-6)11(8,9)10/h2-5H,1H3,(H,8,9,10)/i1D3,2D,3D,4D,5D. The van der Waals surface area contributed by atoms with Crippen molar-refractivity contribution in [2.24, 2.45) is 0 Å². The molecule has 0 aliphatic heterocycles. The van der Waals surface area contributed by atoms with Crippen molar-refractivity contribution in [2.45, 2.75) is 11.7 Å². The van der Waals surface area contributed by atoms with E-state index in [0.29, 0.717) is 0 Å². The van der Waals surface area contributed by atoms with Gasteiger partial charge < -0.3 is 0 Å². The van der Waals surface area contributed by atoms with Crippen molar-refractivity contribution >= 4 is 10.1 Å². The molecule has 60 valence electrons. The molecule has 0 atom stereocenters. The molecule has 3 nitrogen and oxygen atoms in total. The first-order valence-electron chi connectivity index (χ1n) is 5.97. The van der Waals surface area contributed by atoms with E-state index in [4.69, 9.17) is 14.1 Å². The third-order valence-corrected chi connectivity index (χ3v) is 1.58. The van der Waals surface area contributed by atoms with Crippen LogP contribution in [-0.2, 0) is 10.1 Å². The quantitative estimate of drug-likeness (QED) is 0.660. The lowest BCUT2D eigenvalue weighted by molar-refractivity contribution is 0.483. The predicted octanol–water partition coefficient (Wildman–Crippen LogP) is 1.24. The minimum absolute atomic E-state index is 0.884. The van der Waals surface area contributed by atoms with Gasteiger partial charge in [-0.15, -0.1) is 0 Å². The Morgan fingerprint density at radius 3 is 2.36 bits per heavy atom. The summed E-state index contributed by atoms with van der Waals surface area (Å²) < 4.78 is 81.4. The van der Waals surface area contributed by atoms with Crippen LogP contribution in [0.15, 0.2) is 29.1 Å². The summed E-state index contributed by atoms with van der Waals surface area (Å²) in [5.74, 6) is 0. The second-order valence-corrected chi connectivity index (χ2v) is 3.04. The second kappa shape index (κ2) is 2.64. The largest absolute Gasteiger partial charge is 0.294 e. The van der Waals surface area contributed by atoms with E-state index < -0.39 is 51.6 Å². The average molecular weight is 179 g/mol. The zero-order valence-corrected chi connectivity index (χ0v) is 5.99. The van der Waals surface area contributed by atoms with Crippen molar-refractivity contribution < 1.29 is 22.6 Å². The monoisotopic (exact) mass is 179 g/mol. The third kappa shape index (κ3) is 2.03. The highest BCUT2D eigenvalue weighted by molar-refractivity contribution is 7.85. The van der Waals surface area contributed by atoms with Crippen LogP contribution in [0.3, 0.4) is 0 Å². The van der Waals surface area contributed by atoms with E-state index in [1.807, 2.05) is 0 Å². The Labute approximate surface area is 75.3 Å². The summed E-state index contributed by atoms with van der Waals surface area (Å²) in [6.07, 6.45) is 0. The van der Waals surface area contributed by atoms with Gasteiger partial charge in [-0.1, -0.05) is 17.6 Å². The smallest absolute Gasteiger partial charge is 0.282 e. The van der Waals surface area contributed by atoms with Gasteiger partial charge in [0.2, 0.25) is 0 Å². The molecule has 0 radical (unpaired) electrons. The van der Waals surface area contributed by atoms with E-state index in [-0.39, 0.29) is 0 Å². The lowest BCUT2D eigenvalue weighted by Gasteiger charge is -1.95. The van der Waals surface area contributed by atoms with Crippen LogP contribution in [0.4, 0.5) is 0 Å². The summed E-state index contributed by atoms with van der Waals surface area (Å²) >= 11 is 0. The Morgan fingerprint density at radius 1 is 1.45 bits per heavy atom. The minimum atomic E-state index is -4.97. The first-order valence-corrected chi connectivity index (χ1v) is 3.91. The molecule has 0 fully saturated rings. The van der Waals surface area contributed by atoms with Gasteiger partial charge in [-0.05, 0) is 18.9 Å². The van der Waals surface area contributed by atoms with Crippen molar-refractivity contribution in [2.75, 3.05) is 0 Å². The summed E-state index contributed by atoms with van der Waals surface area (Å²) in [6, 6.07) is -4.23. The summed E-state index contributed by atoms with van der Waals surface area (Å²) in [6.45, 7) is -2.92. The number of benzene rings is 1. The fraction of sp³-hybridized carbons (Fsp3) is 0.143. The maximum absolute atomic E-state index is 10.9.